The molecule has 1 fully saturated rings. The summed E-state index contributed by atoms with van der Waals surface area (Å²) in [6.45, 7) is 0.683. The van der Waals surface area contributed by atoms with E-state index in [0.29, 0.717) is 11.0 Å². The average Bonchev–Trinajstić information content (AvgIpc) is 3.09. The van der Waals surface area contributed by atoms with Crippen LogP contribution in [0.15, 0.2) is 40.2 Å². The summed E-state index contributed by atoms with van der Waals surface area (Å²) in [5.74, 6) is -0.702. The van der Waals surface area contributed by atoms with E-state index in [2.05, 4.69) is 15.9 Å². The van der Waals surface area contributed by atoms with Gasteiger partial charge in [0.25, 0.3) is 5.91 Å². The summed E-state index contributed by atoms with van der Waals surface area (Å²) in [5.41, 5.74) is 0.135. The minimum absolute atomic E-state index is 0.0778. The Morgan fingerprint density at radius 3 is 2.90 bits per heavy atom. The van der Waals surface area contributed by atoms with Crippen molar-refractivity contribution in [3.63, 3.8) is 0 Å². The smallest absolute Gasteiger partial charge is 0.258 e. The second-order valence-electron chi connectivity index (χ2n) is 4.77. The van der Waals surface area contributed by atoms with Crippen molar-refractivity contribution in [3.8, 4) is 0 Å². The molecule has 5 heteroatoms. The van der Waals surface area contributed by atoms with Gasteiger partial charge in [0.2, 0.25) is 0 Å². The lowest BCUT2D eigenvalue weighted by Crippen LogP contribution is -2.31. The van der Waals surface area contributed by atoms with E-state index >= 15 is 0 Å². The van der Waals surface area contributed by atoms with E-state index in [1.165, 1.54) is 10.9 Å². The highest BCUT2D eigenvalue weighted by Gasteiger charge is 2.33. The van der Waals surface area contributed by atoms with Crippen LogP contribution in [0, 0.1) is 5.82 Å². The Morgan fingerprint density at radius 1 is 1.35 bits per heavy atom. The van der Waals surface area contributed by atoms with E-state index in [4.69, 9.17) is 0 Å². The molecule has 1 aromatic carbocycles. The van der Waals surface area contributed by atoms with Crippen LogP contribution in [-0.4, -0.2) is 17.4 Å². The van der Waals surface area contributed by atoms with E-state index in [9.17, 15) is 9.18 Å². The van der Waals surface area contributed by atoms with E-state index in [1.54, 1.807) is 28.4 Å². The van der Waals surface area contributed by atoms with E-state index in [1.807, 2.05) is 17.5 Å². The lowest BCUT2D eigenvalue weighted by Gasteiger charge is -2.24. The first-order valence-corrected chi connectivity index (χ1v) is 8.14. The average molecular weight is 354 g/mol. The number of carbonyl (C=O) groups is 1. The fraction of sp³-hybridized carbons (Fsp3) is 0.267. The molecule has 3 rings (SSSR count). The molecule has 0 aliphatic carbocycles. The maximum Gasteiger partial charge on any atom is 0.258 e. The number of amides is 1. The van der Waals surface area contributed by atoms with Gasteiger partial charge in [0.05, 0.1) is 11.6 Å². The highest BCUT2D eigenvalue weighted by atomic mass is 79.9. The molecule has 1 saturated heterocycles. The lowest BCUT2D eigenvalue weighted by atomic mass is 10.1. The molecule has 1 aliphatic rings. The summed E-state index contributed by atoms with van der Waals surface area (Å²) in [7, 11) is 0. The molecular formula is C15H13BrFNOS. The number of carbonyl (C=O) groups excluding carboxylic acids is 1. The fourth-order valence-electron chi connectivity index (χ4n) is 2.63. The Hall–Kier alpha value is -1.20. The number of benzene rings is 1. The van der Waals surface area contributed by atoms with Gasteiger partial charge in [0.1, 0.15) is 5.82 Å². The molecule has 1 atom stereocenters. The second kappa shape index (κ2) is 5.66. The highest BCUT2D eigenvalue weighted by Crippen LogP contribution is 2.36. The van der Waals surface area contributed by atoms with Gasteiger partial charge >= 0.3 is 0 Å². The third-order valence-electron chi connectivity index (χ3n) is 3.56. The van der Waals surface area contributed by atoms with Gasteiger partial charge in [-0.2, -0.15) is 0 Å². The molecule has 0 bridgehead atoms. The molecule has 1 unspecified atom stereocenters. The van der Waals surface area contributed by atoms with Gasteiger partial charge in [0, 0.05) is 15.9 Å². The van der Waals surface area contributed by atoms with Gasteiger partial charge in [-0.05, 0) is 52.4 Å². The molecule has 20 heavy (non-hydrogen) atoms. The monoisotopic (exact) mass is 353 g/mol. The van der Waals surface area contributed by atoms with E-state index in [0.717, 1.165) is 12.8 Å². The molecule has 1 aliphatic heterocycles. The molecule has 0 spiro atoms. The van der Waals surface area contributed by atoms with Crippen molar-refractivity contribution in [2.45, 2.75) is 18.9 Å². The quantitative estimate of drug-likeness (QED) is 0.770. The van der Waals surface area contributed by atoms with Crippen LogP contribution >= 0.6 is 27.3 Å². The topological polar surface area (TPSA) is 20.3 Å². The summed E-state index contributed by atoms with van der Waals surface area (Å²) in [4.78, 5) is 15.6. The number of rotatable bonds is 2. The zero-order valence-corrected chi connectivity index (χ0v) is 13.1. The summed E-state index contributed by atoms with van der Waals surface area (Å²) >= 11 is 4.92. The Bertz CT molecular complexity index is 609. The van der Waals surface area contributed by atoms with Gasteiger partial charge in [0.15, 0.2) is 0 Å². The molecule has 1 amide bonds. The molecule has 2 aromatic rings. The zero-order valence-electron chi connectivity index (χ0n) is 10.7. The SMILES string of the molecule is O=C(c1c(F)cccc1Br)N1CCCC1c1cccs1. The van der Waals surface area contributed by atoms with Crippen molar-refractivity contribution in [2.24, 2.45) is 0 Å². The zero-order chi connectivity index (χ0) is 14.1. The van der Waals surface area contributed by atoms with E-state index < -0.39 is 5.82 Å². The van der Waals surface area contributed by atoms with Gasteiger partial charge in [-0.1, -0.05) is 12.1 Å². The van der Waals surface area contributed by atoms with Crippen molar-refractivity contribution in [3.05, 3.63) is 56.4 Å². The van der Waals surface area contributed by atoms with Crippen LogP contribution in [0.4, 0.5) is 4.39 Å². The number of likely N-dealkylation sites (tertiary alicyclic amines) is 1. The third-order valence-corrected chi connectivity index (χ3v) is 5.20. The number of halogens is 2. The van der Waals surface area contributed by atoms with Crippen LogP contribution < -0.4 is 0 Å². The van der Waals surface area contributed by atoms with Gasteiger partial charge < -0.3 is 4.90 Å². The molecule has 2 heterocycles. The summed E-state index contributed by atoms with van der Waals surface area (Å²) in [6, 6.07) is 8.73. The van der Waals surface area contributed by atoms with Crippen LogP contribution in [-0.2, 0) is 0 Å². The van der Waals surface area contributed by atoms with Gasteiger partial charge in [-0.15, -0.1) is 11.3 Å². The minimum Gasteiger partial charge on any atom is -0.331 e. The maximum absolute atomic E-state index is 13.9. The number of thiophene rings is 1. The minimum atomic E-state index is -0.471. The van der Waals surface area contributed by atoms with Gasteiger partial charge in [-0.25, -0.2) is 4.39 Å². The van der Waals surface area contributed by atoms with Crippen molar-refractivity contribution in [1.82, 2.24) is 4.90 Å². The van der Waals surface area contributed by atoms with Crippen LogP contribution in [0.5, 0.6) is 0 Å². The van der Waals surface area contributed by atoms with Crippen LogP contribution in [0.1, 0.15) is 34.1 Å². The lowest BCUT2D eigenvalue weighted by molar-refractivity contribution is 0.0732. The molecular weight excluding hydrogens is 341 g/mol. The first-order chi connectivity index (χ1) is 9.68. The summed E-state index contributed by atoms with van der Waals surface area (Å²) in [6.07, 6.45) is 1.90. The summed E-state index contributed by atoms with van der Waals surface area (Å²) in [5, 5.41) is 2.01. The number of hydrogen-bond donors (Lipinski definition) is 0. The highest BCUT2D eigenvalue weighted by molar-refractivity contribution is 9.10. The van der Waals surface area contributed by atoms with E-state index in [-0.39, 0.29) is 17.5 Å². The number of hydrogen-bond acceptors (Lipinski definition) is 2. The predicted octanol–water partition coefficient (Wildman–Crippen LogP) is 4.63. The van der Waals surface area contributed by atoms with Crippen molar-refractivity contribution >= 4 is 33.2 Å². The second-order valence-corrected chi connectivity index (χ2v) is 6.60. The standard InChI is InChI=1S/C15H13BrFNOS/c16-10-4-1-5-11(17)14(10)15(19)18-8-2-6-12(18)13-7-3-9-20-13/h1,3-5,7,9,12H,2,6,8H2. The van der Waals surface area contributed by atoms with Gasteiger partial charge in [-0.3, -0.25) is 4.79 Å². The molecule has 0 saturated carbocycles. The Morgan fingerprint density at radius 2 is 2.20 bits per heavy atom. The first kappa shape index (κ1) is 13.8. The predicted molar refractivity (Wildman–Crippen MR) is 81.4 cm³/mol. The molecule has 1 aromatic heterocycles. The van der Waals surface area contributed by atoms with Crippen molar-refractivity contribution in [1.29, 1.82) is 0 Å². The third kappa shape index (κ3) is 2.40. The van der Waals surface area contributed by atoms with Crippen molar-refractivity contribution < 1.29 is 9.18 Å². The van der Waals surface area contributed by atoms with Crippen LogP contribution in [0.2, 0.25) is 0 Å². The molecule has 104 valence electrons. The van der Waals surface area contributed by atoms with Crippen LogP contribution in [0.25, 0.3) is 0 Å². The first-order valence-electron chi connectivity index (χ1n) is 6.47. The largest absolute Gasteiger partial charge is 0.331 e. The Labute approximate surface area is 129 Å². The van der Waals surface area contributed by atoms with Crippen LogP contribution in [0.3, 0.4) is 0 Å². The Balaban J connectivity index is 1.94. The van der Waals surface area contributed by atoms with Crippen molar-refractivity contribution in [2.75, 3.05) is 6.54 Å². The fourth-order valence-corrected chi connectivity index (χ4v) is 4.02. The summed E-state index contributed by atoms with van der Waals surface area (Å²) < 4.78 is 14.5. The Kier molecular flexibility index (Phi) is 3.89. The normalized spacial score (nSPS) is 18.5. The molecule has 2 nitrogen and oxygen atoms in total. The molecule has 0 N–H and O–H groups in total. The number of nitrogens with zero attached hydrogens (tertiary/aromatic N) is 1. The molecule has 0 radical (unpaired) electrons. The maximum atomic E-state index is 13.9.